The summed E-state index contributed by atoms with van der Waals surface area (Å²) in [6.45, 7) is 7.41. The maximum Gasteiger partial charge on any atom is 0.219 e. The highest BCUT2D eigenvalue weighted by molar-refractivity contribution is 5.73. The molecule has 0 N–H and O–H groups in total. The fraction of sp³-hybridized carbons (Fsp3) is 0.500. The molecule has 146 valence electrons. The molecule has 2 aromatic rings. The van der Waals surface area contributed by atoms with Crippen molar-refractivity contribution < 1.29 is 4.79 Å². The second-order valence-corrected chi connectivity index (χ2v) is 7.19. The zero-order valence-corrected chi connectivity index (χ0v) is 16.6. The van der Waals surface area contributed by atoms with Gasteiger partial charge in [-0.15, -0.1) is 5.10 Å². The van der Waals surface area contributed by atoms with E-state index in [1.807, 2.05) is 18.7 Å². The van der Waals surface area contributed by atoms with E-state index in [-0.39, 0.29) is 11.9 Å². The van der Waals surface area contributed by atoms with Gasteiger partial charge in [-0.25, -0.2) is 9.97 Å². The Kier molecular flexibility index (Phi) is 6.14. The summed E-state index contributed by atoms with van der Waals surface area (Å²) in [6.07, 6.45) is 7.62. The van der Waals surface area contributed by atoms with Crippen molar-refractivity contribution in [2.75, 3.05) is 18.0 Å². The standard InChI is InChI=1S/C20H25N7O/c1-14-15(2)24-25-20(19(14)9-21)26-7-4-5-18(6-8-26)27(16(3)28)12-17-10-22-13-23-11-17/h10-11,13,18H,4-8,12H2,1-3H3. The number of hydrogen-bond acceptors (Lipinski definition) is 7. The fourth-order valence-electron chi connectivity index (χ4n) is 3.66. The summed E-state index contributed by atoms with van der Waals surface area (Å²) in [7, 11) is 0. The Morgan fingerprint density at radius 2 is 2.00 bits per heavy atom. The number of nitrogens with zero attached hydrogens (tertiary/aromatic N) is 7. The zero-order chi connectivity index (χ0) is 20.1. The molecule has 3 rings (SSSR count). The Balaban J connectivity index is 1.76. The van der Waals surface area contributed by atoms with E-state index in [2.05, 4.69) is 31.1 Å². The van der Waals surface area contributed by atoms with Crippen molar-refractivity contribution >= 4 is 11.7 Å². The monoisotopic (exact) mass is 379 g/mol. The van der Waals surface area contributed by atoms with Crippen LogP contribution in [0.15, 0.2) is 18.7 Å². The largest absolute Gasteiger partial charge is 0.354 e. The number of nitriles is 1. The molecule has 0 spiro atoms. The highest BCUT2D eigenvalue weighted by Gasteiger charge is 2.27. The summed E-state index contributed by atoms with van der Waals surface area (Å²) >= 11 is 0. The van der Waals surface area contributed by atoms with E-state index >= 15 is 0 Å². The quantitative estimate of drug-likeness (QED) is 0.802. The van der Waals surface area contributed by atoms with Crippen LogP contribution in [0.25, 0.3) is 0 Å². The van der Waals surface area contributed by atoms with Crippen molar-refractivity contribution in [2.45, 2.75) is 52.6 Å². The highest BCUT2D eigenvalue weighted by atomic mass is 16.2. The molecule has 0 saturated carbocycles. The minimum atomic E-state index is 0.0472. The number of amides is 1. The van der Waals surface area contributed by atoms with E-state index < -0.39 is 0 Å². The lowest BCUT2D eigenvalue weighted by Gasteiger charge is -2.30. The molecule has 0 aromatic carbocycles. The van der Waals surface area contributed by atoms with Gasteiger partial charge in [-0.3, -0.25) is 4.79 Å². The summed E-state index contributed by atoms with van der Waals surface area (Å²) < 4.78 is 0. The molecular formula is C20H25N7O. The Labute approximate surface area is 165 Å². The SMILES string of the molecule is CC(=O)N(Cc1cncnc1)C1CCCN(c2nnc(C)c(C)c2C#N)CC1. The third-order valence-corrected chi connectivity index (χ3v) is 5.36. The van der Waals surface area contributed by atoms with Crippen LogP contribution in [0.5, 0.6) is 0 Å². The zero-order valence-electron chi connectivity index (χ0n) is 16.6. The first-order valence-electron chi connectivity index (χ1n) is 9.51. The average Bonchev–Trinajstić information content (AvgIpc) is 2.94. The van der Waals surface area contributed by atoms with E-state index in [1.165, 1.54) is 6.33 Å². The molecule has 3 heterocycles. The molecule has 0 radical (unpaired) electrons. The van der Waals surface area contributed by atoms with Gasteiger partial charge in [0.2, 0.25) is 5.91 Å². The first-order valence-corrected chi connectivity index (χ1v) is 9.51. The van der Waals surface area contributed by atoms with E-state index in [0.29, 0.717) is 17.9 Å². The predicted molar refractivity (Wildman–Crippen MR) is 104 cm³/mol. The van der Waals surface area contributed by atoms with Gasteiger partial charge in [0.1, 0.15) is 18.0 Å². The summed E-state index contributed by atoms with van der Waals surface area (Å²) in [4.78, 5) is 24.4. The third-order valence-electron chi connectivity index (χ3n) is 5.36. The smallest absolute Gasteiger partial charge is 0.219 e. The summed E-state index contributed by atoms with van der Waals surface area (Å²) in [6, 6.07) is 2.42. The van der Waals surface area contributed by atoms with E-state index in [4.69, 9.17) is 0 Å². The average molecular weight is 379 g/mol. The van der Waals surface area contributed by atoms with Crippen LogP contribution in [0.4, 0.5) is 5.82 Å². The number of aryl methyl sites for hydroxylation is 1. The van der Waals surface area contributed by atoms with Crippen LogP contribution in [-0.4, -0.2) is 50.1 Å². The Morgan fingerprint density at radius 1 is 1.25 bits per heavy atom. The number of aromatic nitrogens is 4. The molecule has 1 unspecified atom stereocenters. The van der Waals surface area contributed by atoms with Crippen molar-refractivity contribution in [3.8, 4) is 6.07 Å². The third kappa shape index (κ3) is 4.25. The first kappa shape index (κ1) is 19.7. The van der Waals surface area contributed by atoms with Gasteiger partial charge in [-0.1, -0.05) is 0 Å². The molecule has 1 aliphatic rings. The maximum absolute atomic E-state index is 12.3. The molecule has 8 heteroatoms. The lowest BCUT2D eigenvalue weighted by Crippen LogP contribution is -2.39. The van der Waals surface area contributed by atoms with Crippen molar-refractivity contribution in [1.82, 2.24) is 25.1 Å². The van der Waals surface area contributed by atoms with Gasteiger partial charge < -0.3 is 9.80 Å². The van der Waals surface area contributed by atoms with E-state index in [1.54, 1.807) is 19.3 Å². The Bertz CT molecular complexity index is 878. The summed E-state index contributed by atoms with van der Waals surface area (Å²) in [5, 5.41) is 18.1. The number of rotatable bonds is 4. The number of hydrogen-bond donors (Lipinski definition) is 0. The molecular weight excluding hydrogens is 354 g/mol. The molecule has 1 aliphatic heterocycles. The molecule has 1 amide bonds. The predicted octanol–water partition coefficient (Wildman–Crippen LogP) is 2.16. The minimum absolute atomic E-state index is 0.0472. The maximum atomic E-state index is 12.3. The molecule has 8 nitrogen and oxygen atoms in total. The number of carbonyl (C=O) groups is 1. The van der Waals surface area contributed by atoms with Crippen molar-refractivity contribution in [3.63, 3.8) is 0 Å². The topological polar surface area (TPSA) is 98.9 Å². The van der Waals surface area contributed by atoms with Gasteiger partial charge in [0.25, 0.3) is 0 Å². The number of carbonyl (C=O) groups excluding carboxylic acids is 1. The second kappa shape index (κ2) is 8.74. The van der Waals surface area contributed by atoms with Crippen molar-refractivity contribution in [3.05, 3.63) is 41.1 Å². The summed E-state index contributed by atoms with van der Waals surface area (Å²) in [5.74, 6) is 0.697. The van der Waals surface area contributed by atoms with Crippen LogP contribution in [0.1, 0.15) is 48.6 Å². The first-order chi connectivity index (χ1) is 13.5. The Hall–Kier alpha value is -3.08. The second-order valence-electron chi connectivity index (χ2n) is 7.19. The lowest BCUT2D eigenvalue weighted by molar-refractivity contribution is -0.132. The summed E-state index contributed by atoms with van der Waals surface area (Å²) in [5.41, 5.74) is 3.17. The molecule has 0 bridgehead atoms. The van der Waals surface area contributed by atoms with Crippen molar-refractivity contribution in [2.24, 2.45) is 0 Å². The van der Waals surface area contributed by atoms with Gasteiger partial charge in [0.05, 0.1) is 5.69 Å². The molecule has 2 aromatic heterocycles. The van der Waals surface area contributed by atoms with Crippen LogP contribution < -0.4 is 4.90 Å². The van der Waals surface area contributed by atoms with Crippen LogP contribution >= 0.6 is 0 Å². The normalized spacial score (nSPS) is 16.9. The molecule has 0 aliphatic carbocycles. The van der Waals surface area contributed by atoms with Crippen LogP contribution in [-0.2, 0) is 11.3 Å². The van der Waals surface area contributed by atoms with Gasteiger partial charge in [-0.2, -0.15) is 10.4 Å². The Morgan fingerprint density at radius 3 is 2.68 bits per heavy atom. The van der Waals surface area contributed by atoms with E-state index in [0.717, 1.165) is 49.2 Å². The van der Waals surface area contributed by atoms with Gasteiger partial charge in [-0.05, 0) is 38.7 Å². The van der Waals surface area contributed by atoms with Crippen molar-refractivity contribution in [1.29, 1.82) is 5.26 Å². The van der Waals surface area contributed by atoms with Gasteiger partial charge in [0.15, 0.2) is 5.82 Å². The molecule has 1 atom stereocenters. The van der Waals surface area contributed by atoms with E-state index in [9.17, 15) is 10.1 Å². The fourth-order valence-corrected chi connectivity index (χ4v) is 3.66. The van der Waals surface area contributed by atoms with Crippen LogP contribution in [0, 0.1) is 25.2 Å². The van der Waals surface area contributed by atoms with Crippen LogP contribution in [0.3, 0.4) is 0 Å². The lowest BCUT2D eigenvalue weighted by atomic mass is 10.1. The number of anilines is 1. The molecule has 28 heavy (non-hydrogen) atoms. The highest BCUT2D eigenvalue weighted by Crippen LogP contribution is 2.26. The minimum Gasteiger partial charge on any atom is -0.354 e. The molecule has 1 fully saturated rings. The van der Waals surface area contributed by atoms with Crippen LogP contribution in [0.2, 0.25) is 0 Å². The molecule has 1 saturated heterocycles. The van der Waals surface area contributed by atoms with Gasteiger partial charge in [0, 0.05) is 50.6 Å². The van der Waals surface area contributed by atoms with Gasteiger partial charge >= 0.3 is 0 Å².